The van der Waals surface area contributed by atoms with E-state index in [2.05, 4.69) is 16.8 Å². The average molecular weight is 488 g/mol. The highest BCUT2D eigenvalue weighted by molar-refractivity contribution is 6.30. The van der Waals surface area contributed by atoms with Gasteiger partial charge >= 0.3 is 0 Å². The molecule has 2 aliphatic rings. The Morgan fingerprint density at radius 3 is 2.65 bits per heavy atom. The van der Waals surface area contributed by atoms with Crippen LogP contribution in [0.25, 0.3) is 0 Å². The Kier molecular flexibility index (Phi) is 7.65. The van der Waals surface area contributed by atoms with Crippen molar-refractivity contribution in [3.63, 3.8) is 0 Å². The zero-order valence-corrected chi connectivity index (χ0v) is 20.7. The topological polar surface area (TPSA) is 62.7 Å². The number of aryl methyl sites for hydroxylation is 1. The highest BCUT2D eigenvalue weighted by Gasteiger charge is 2.33. The van der Waals surface area contributed by atoms with Gasteiger partial charge in [0.15, 0.2) is 5.78 Å². The number of hydrogen-bond acceptors (Lipinski definition) is 5. The lowest BCUT2D eigenvalue weighted by atomic mass is 9.95. The maximum Gasteiger partial charge on any atom is 0.228 e. The fraction of sp³-hybridized carbons (Fsp3) is 0.500. The smallest absolute Gasteiger partial charge is 0.228 e. The number of aromatic nitrogens is 1. The van der Waals surface area contributed by atoms with Gasteiger partial charge in [0.25, 0.3) is 0 Å². The zero-order valence-electron chi connectivity index (χ0n) is 19.9. The predicted octanol–water partition coefficient (Wildman–Crippen LogP) is 3.99. The van der Waals surface area contributed by atoms with E-state index in [0.29, 0.717) is 31.3 Å². The molecule has 4 rings (SSSR count). The van der Waals surface area contributed by atoms with Crippen LogP contribution in [0.2, 0.25) is 5.02 Å². The standard InChI is InChI=1S/C26H31ClFN3O3/c1-16-13-30(5-6-31(16)26(33)19-4-7-34-15-19)14-22-9-23(27)8-20(17(22)2)11-25(32)21-10-24(28)18(3)29-12-21/h8-10,12,16,19H,4-7,11,13-15H2,1-3H3/t16-,19+/m0/s1. The van der Waals surface area contributed by atoms with Gasteiger partial charge in [0.2, 0.25) is 5.91 Å². The molecule has 34 heavy (non-hydrogen) atoms. The summed E-state index contributed by atoms with van der Waals surface area (Å²) in [7, 11) is 0. The van der Waals surface area contributed by atoms with E-state index in [-0.39, 0.29) is 41.3 Å². The zero-order chi connectivity index (χ0) is 24.4. The van der Waals surface area contributed by atoms with Crippen LogP contribution in [-0.4, -0.2) is 65.4 Å². The molecule has 1 aromatic heterocycles. The number of halogens is 2. The Morgan fingerprint density at radius 2 is 1.97 bits per heavy atom. The summed E-state index contributed by atoms with van der Waals surface area (Å²) >= 11 is 6.41. The van der Waals surface area contributed by atoms with Crippen LogP contribution in [0.3, 0.4) is 0 Å². The normalized spacial score (nSPS) is 21.1. The third kappa shape index (κ3) is 5.48. The van der Waals surface area contributed by atoms with Crippen molar-refractivity contribution in [2.45, 2.75) is 46.2 Å². The summed E-state index contributed by atoms with van der Waals surface area (Å²) in [5, 5.41) is 0.569. The lowest BCUT2D eigenvalue weighted by Crippen LogP contribution is -2.55. The molecule has 0 bridgehead atoms. The van der Waals surface area contributed by atoms with Gasteiger partial charge in [-0.15, -0.1) is 0 Å². The van der Waals surface area contributed by atoms with Crippen molar-refractivity contribution in [1.82, 2.24) is 14.8 Å². The van der Waals surface area contributed by atoms with E-state index in [4.69, 9.17) is 16.3 Å². The van der Waals surface area contributed by atoms with Gasteiger partial charge in [0, 0.05) is 62.0 Å². The summed E-state index contributed by atoms with van der Waals surface area (Å²) < 4.78 is 19.3. The number of carbonyl (C=O) groups is 2. The fourth-order valence-corrected chi connectivity index (χ4v) is 5.05. The maximum atomic E-state index is 13.9. The Labute approximate surface area is 205 Å². The molecular weight excluding hydrogens is 457 g/mol. The summed E-state index contributed by atoms with van der Waals surface area (Å²) in [6.45, 7) is 9.76. The molecule has 3 heterocycles. The van der Waals surface area contributed by atoms with E-state index in [9.17, 15) is 14.0 Å². The molecule has 0 N–H and O–H groups in total. The number of carbonyl (C=O) groups excluding carboxylic acids is 2. The predicted molar refractivity (Wildman–Crippen MR) is 129 cm³/mol. The molecule has 6 nitrogen and oxygen atoms in total. The number of ether oxygens (including phenoxy) is 1. The summed E-state index contributed by atoms with van der Waals surface area (Å²) in [6, 6.07) is 5.10. The average Bonchev–Trinajstić information content (AvgIpc) is 3.33. The second-order valence-electron chi connectivity index (χ2n) is 9.42. The molecule has 2 fully saturated rings. The van der Waals surface area contributed by atoms with Gasteiger partial charge in [0.1, 0.15) is 5.82 Å². The second kappa shape index (κ2) is 10.5. The van der Waals surface area contributed by atoms with Gasteiger partial charge in [-0.3, -0.25) is 19.5 Å². The van der Waals surface area contributed by atoms with Gasteiger partial charge in [-0.25, -0.2) is 4.39 Å². The van der Waals surface area contributed by atoms with Crippen molar-refractivity contribution in [2.75, 3.05) is 32.8 Å². The molecule has 2 aliphatic heterocycles. The molecule has 1 amide bonds. The molecule has 0 aliphatic carbocycles. The van der Waals surface area contributed by atoms with E-state index < -0.39 is 5.82 Å². The minimum atomic E-state index is -0.485. The number of hydrogen-bond donors (Lipinski definition) is 0. The van der Waals surface area contributed by atoms with Crippen molar-refractivity contribution in [2.24, 2.45) is 5.92 Å². The van der Waals surface area contributed by atoms with Crippen LogP contribution in [0.4, 0.5) is 4.39 Å². The van der Waals surface area contributed by atoms with Gasteiger partial charge in [-0.2, -0.15) is 0 Å². The van der Waals surface area contributed by atoms with Crippen LogP contribution >= 0.6 is 11.6 Å². The molecule has 2 atom stereocenters. The maximum absolute atomic E-state index is 13.9. The SMILES string of the molecule is Cc1ncc(C(=O)Cc2cc(Cl)cc(CN3CCN(C(=O)[C@@H]4CCOC4)[C@@H](C)C3)c2C)cc1F. The van der Waals surface area contributed by atoms with Gasteiger partial charge < -0.3 is 9.64 Å². The quantitative estimate of drug-likeness (QED) is 0.577. The largest absolute Gasteiger partial charge is 0.381 e. The fourth-order valence-electron chi connectivity index (χ4n) is 4.79. The number of nitrogens with zero attached hydrogens (tertiary/aromatic N) is 3. The van der Waals surface area contributed by atoms with Gasteiger partial charge in [0.05, 0.1) is 18.2 Å². The Bertz CT molecular complexity index is 1090. The molecule has 2 saturated heterocycles. The highest BCUT2D eigenvalue weighted by atomic mass is 35.5. The number of Topliss-reactive ketones (excluding diaryl/α,β-unsaturated/α-hetero) is 1. The van der Waals surface area contributed by atoms with Gasteiger partial charge in [-0.05, 0) is 62.1 Å². The van der Waals surface area contributed by atoms with E-state index in [1.807, 2.05) is 17.9 Å². The van der Waals surface area contributed by atoms with E-state index in [1.165, 1.54) is 12.3 Å². The first-order valence-corrected chi connectivity index (χ1v) is 12.1. The molecule has 182 valence electrons. The molecular formula is C26H31ClFN3O3. The second-order valence-corrected chi connectivity index (χ2v) is 9.85. The molecule has 8 heteroatoms. The third-order valence-corrected chi connectivity index (χ3v) is 7.17. The summed E-state index contributed by atoms with van der Waals surface area (Å²) in [4.78, 5) is 33.9. The molecule has 2 aromatic rings. The number of rotatable bonds is 6. The number of ketones is 1. The summed E-state index contributed by atoms with van der Waals surface area (Å²) in [6.07, 6.45) is 2.35. The molecule has 0 saturated carbocycles. The number of piperazine rings is 1. The minimum Gasteiger partial charge on any atom is -0.381 e. The van der Waals surface area contributed by atoms with Crippen molar-refractivity contribution in [3.8, 4) is 0 Å². The van der Waals surface area contributed by atoms with Crippen molar-refractivity contribution >= 4 is 23.3 Å². The molecule has 0 radical (unpaired) electrons. The monoisotopic (exact) mass is 487 g/mol. The number of benzene rings is 1. The van der Waals surface area contributed by atoms with Crippen LogP contribution < -0.4 is 0 Å². The highest BCUT2D eigenvalue weighted by Crippen LogP contribution is 2.26. The molecule has 0 unspecified atom stereocenters. The Balaban J connectivity index is 1.43. The summed E-state index contributed by atoms with van der Waals surface area (Å²) in [5.41, 5.74) is 3.42. The molecule has 1 aromatic carbocycles. The van der Waals surface area contributed by atoms with E-state index in [0.717, 1.165) is 36.2 Å². The van der Waals surface area contributed by atoms with E-state index in [1.54, 1.807) is 13.0 Å². The van der Waals surface area contributed by atoms with Crippen molar-refractivity contribution in [3.05, 3.63) is 63.2 Å². The number of pyridine rings is 1. The third-order valence-electron chi connectivity index (χ3n) is 6.95. The van der Waals surface area contributed by atoms with Crippen molar-refractivity contribution < 1.29 is 18.7 Å². The van der Waals surface area contributed by atoms with Crippen LogP contribution in [0.15, 0.2) is 24.4 Å². The first-order chi connectivity index (χ1) is 16.2. The first kappa shape index (κ1) is 24.8. The first-order valence-electron chi connectivity index (χ1n) is 11.8. The lowest BCUT2D eigenvalue weighted by molar-refractivity contribution is -0.140. The Hall–Kier alpha value is -2.35. The lowest BCUT2D eigenvalue weighted by Gasteiger charge is -2.41. The van der Waals surface area contributed by atoms with E-state index >= 15 is 0 Å². The van der Waals surface area contributed by atoms with Crippen molar-refractivity contribution in [1.29, 1.82) is 0 Å². The number of amides is 1. The Morgan fingerprint density at radius 1 is 1.21 bits per heavy atom. The van der Waals surface area contributed by atoms with Crippen LogP contribution in [0, 0.1) is 25.6 Å². The molecule has 0 spiro atoms. The van der Waals surface area contributed by atoms with Crippen LogP contribution in [0.1, 0.15) is 46.1 Å². The summed E-state index contributed by atoms with van der Waals surface area (Å²) in [5.74, 6) is -0.492. The minimum absolute atomic E-state index is 0.0125. The van der Waals surface area contributed by atoms with Gasteiger partial charge in [-0.1, -0.05) is 11.6 Å². The van der Waals surface area contributed by atoms with Crippen LogP contribution in [-0.2, 0) is 22.5 Å². The van der Waals surface area contributed by atoms with Crippen LogP contribution in [0.5, 0.6) is 0 Å².